The number of pyridine rings is 1. The maximum atomic E-state index is 14.0. The van der Waals surface area contributed by atoms with Crippen molar-refractivity contribution in [3.63, 3.8) is 0 Å². The number of aromatic hydroxyl groups is 1. The number of aryl methyl sites for hydroxylation is 1. The number of rotatable bonds is 8. The highest BCUT2D eigenvalue weighted by Crippen LogP contribution is 2.37. The Morgan fingerprint density at radius 1 is 1.10 bits per heavy atom. The molecule has 2 heterocycles. The molecule has 0 radical (unpaired) electrons. The summed E-state index contributed by atoms with van der Waals surface area (Å²) in [6.45, 7) is 5.50. The number of halogens is 1. The van der Waals surface area contributed by atoms with Crippen molar-refractivity contribution in [2.75, 3.05) is 0 Å². The Bertz CT molecular complexity index is 1710. The van der Waals surface area contributed by atoms with Gasteiger partial charge in [0, 0.05) is 18.2 Å². The lowest BCUT2D eigenvalue weighted by Gasteiger charge is -2.25. The second-order valence-electron chi connectivity index (χ2n) is 10.1. The number of hydrogen-bond acceptors (Lipinski definition) is 6. The average molecular weight is 548 g/mol. The zero-order valence-electron chi connectivity index (χ0n) is 22.1. The molecule has 0 amide bonds. The average Bonchev–Trinajstić information content (AvgIpc) is 3.72. The van der Waals surface area contributed by atoms with E-state index in [1.54, 1.807) is 25.1 Å². The lowest BCUT2D eigenvalue weighted by atomic mass is 10.0. The minimum Gasteiger partial charge on any atom is -0.493 e. The van der Waals surface area contributed by atoms with Crippen LogP contribution in [0.1, 0.15) is 54.7 Å². The van der Waals surface area contributed by atoms with Crippen molar-refractivity contribution in [2.45, 2.75) is 62.3 Å². The van der Waals surface area contributed by atoms with Gasteiger partial charge in [0.1, 0.15) is 5.82 Å². The molecule has 4 aromatic rings. The molecule has 0 unspecified atom stereocenters. The summed E-state index contributed by atoms with van der Waals surface area (Å²) in [7, 11) is -4.43. The topological polar surface area (TPSA) is 102 Å². The molecule has 5 rings (SSSR count). The first-order valence-corrected chi connectivity index (χ1v) is 14.5. The van der Waals surface area contributed by atoms with Crippen molar-refractivity contribution in [3.05, 3.63) is 99.6 Å². The normalized spacial score (nSPS) is 14.4. The van der Waals surface area contributed by atoms with Gasteiger partial charge in [-0.05, 0) is 73.9 Å². The molecule has 7 nitrogen and oxygen atoms in total. The van der Waals surface area contributed by atoms with E-state index in [0.29, 0.717) is 41.3 Å². The molecule has 1 saturated carbocycles. The standard InChI is InChI=1S/C30H30FN3O4S/c1-4-25(22-7-5-6-18(2)16-22)34-26(17-20-8-9-20)33-29(35)27(30(34)36)39(37,38)23-12-10-21(11-13-23)24-14-15-32-28(31)19(24)3/h5-7,10-16,20,25,36H,4,8-9,17H2,1-3H3/t25-/m0/s1. The summed E-state index contributed by atoms with van der Waals surface area (Å²) in [6, 6.07) is 14.8. The number of benzene rings is 2. The Labute approximate surface area is 226 Å². The number of sulfone groups is 1. The van der Waals surface area contributed by atoms with Gasteiger partial charge in [0.2, 0.25) is 21.7 Å². The van der Waals surface area contributed by atoms with Crippen molar-refractivity contribution in [1.29, 1.82) is 0 Å². The van der Waals surface area contributed by atoms with E-state index in [-0.39, 0.29) is 4.90 Å². The van der Waals surface area contributed by atoms with Gasteiger partial charge in [0.05, 0.1) is 10.9 Å². The van der Waals surface area contributed by atoms with Gasteiger partial charge in [-0.25, -0.2) is 13.4 Å². The summed E-state index contributed by atoms with van der Waals surface area (Å²) in [6.07, 6.45) is 4.39. The first kappa shape index (κ1) is 26.7. The maximum Gasteiger partial charge on any atom is 0.296 e. The fraction of sp³-hybridized carbons (Fsp3) is 0.300. The summed E-state index contributed by atoms with van der Waals surface area (Å²) < 4.78 is 43.0. The van der Waals surface area contributed by atoms with Gasteiger partial charge >= 0.3 is 0 Å². The molecule has 1 aliphatic carbocycles. The third-order valence-corrected chi connectivity index (χ3v) is 9.10. The van der Waals surface area contributed by atoms with Gasteiger partial charge in [-0.2, -0.15) is 9.37 Å². The number of aromatic nitrogens is 3. The fourth-order valence-corrected chi connectivity index (χ4v) is 6.38. The van der Waals surface area contributed by atoms with Crippen LogP contribution in [0.25, 0.3) is 11.1 Å². The molecule has 1 aliphatic rings. The Morgan fingerprint density at radius 2 is 1.82 bits per heavy atom. The first-order chi connectivity index (χ1) is 18.6. The van der Waals surface area contributed by atoms with Gasteiger partial charge in [-0.3, -0.25) is 9.36 Å². The van der Waals surface area contributed by atoms with E-state index in [2.05, 4.69) is 9.97 Å². The van der Waals surface area contributed by atoms with Crippen LogP contribution in [0.15, 0.2) is 75.4 Å². The Kier molecular flexibility index (Phi) is 7.11. The van der Waals surface area contributed by atoms with Crippen molar-refractivity contribution < 1.29 is 17.9 Å². The molecule has 0 spiro atoms. The van der Waals surface area contributed by atoms with E-state index in [9.17, 15) is 22.7 Å². The van der Waals surface area contributed by atoms with E-state index in [4.69, 9.17) is 0 Å². The summed E-state index contributed by atoms with van der Waals surface area (Å²) in [4.78, 5) is 20.1. The molecule has 1 atom stereocenters. The quantitative estimate of drug-likeness (QED) is 0.290. The van der Waals surface area contributed by atoms with E-state index in [1.807, 2.05) is 38.1 Å². The molecule has 0 bridgehead atoms. The Hall–Kier alpha value is -3.85. The van der Waals surface area contributed by atoms with Crippen molar-refractivity contribution in [1.82, 2.24) is 14.5 Å². The first-order valence-electron chi connectivity index (χ1n) is 13.0. The van der Waals surface area contributed by atoms with E-state index >= 15 is 0 Å². The number of nitrogens with zero attached hydrogens (tertiary/aromatic N) is 3. The van der Waals surface area contributed by atoms with Crippen LogP contribution in [0.3, 0.4) is 0 Å². The van der Waals surface area contributed by atoms with Crippen LogP contribution in [0.4, 0.5) is 4.39 Å². The monoisotopic (exact) mass is 547 g/mol. The van der Waals surface area contributed by atoms with Crippen molar-refractivity contribution in [3.8, 4) is 17.0 Å². The molecule has 2 aromatic heterocycles. The highest BCUT2D eigenvalue weighted by molar-refractivity contribution is 7.91. The number of hydrogen-bond donors (Lipinski definition) is 1. The van der Waals surface area contributed by atoms with Gasteiger partial charge in [-0.15, -0.1) is 0 Å². The minimum absolute atomic E-state index is 0.169. The molecule has 9 heteroatoms. The van der Waals surface area contributed by atoms with Crippen LogP contribution in [0, 0.1) is 25.7 Å². The minimum atomic E-state index is -4.43. The van der Waals surface area contributed by atoms with Gasteiger partial charge in [0.25, 0.3) is 5.56 Å². The molecule has 1 N–H and O–H groups in total. The molecule has 2 aromatic carbocycles. The van der Waals surface area contributed by atoms with E-state index in [0.717, 1.165) is 24.0 Å². The zero-order chi connectivity index (χ0) is 27.9. The van der Waals surface area contributed by atoms with Crippen LogP contribution in [0.5, 0.6) is 5.88 Å². The highest BCUT2D eigenvalue weighted by Gasteiger charge is 2.33. The van der Waals surface area contributed by atoms with Crippen LogP contribution in [-0.4, -0.2) is 28.1 Å². The highest BCUT2D eigenvalue weighted by atomic mass is 32.2. The third-order valence-electron chi connectivity index (χ3n) is 7.31. The van der Waals surface area contributed by atoms with Gasteiger partial charge in [-0.1, -0.05) is 48.9 Å². The second-order valence-corrected chi connectivity index (χ2v) is 12.0. The second kappa shape index (κ2) is 10.4. The summed E-state index contributed by atoms with van der Waals surface area (Å²) >= 11 is 0. The van der Waals surface area contributed by atoms with Crippen molar-refractivity contribution >= 4 is 9.84 Å². The summed E-state index contributed by atoms with van der Waals surface area (Å²) in [5, 5.41) is 11.5. The largest absolute Gasteiger partial charge is 0.493 e. The zero-order valence-corrected chi connectivity index (χ0v) is 22.9. The molecular formula is C30H30FN3O4S. The molecule has 1 fully saturated rings. The third kappa shape index (κ3) is 5.11. The van der Waals surface area contributed by atoms with Crippen LogP contribution < -0.4 is 5.56 Å². The summed E-state index contributed by atoms with van der Waals surface area (Å²) in [5.41, 5.74) is 2.45. The SMILES string of the molecule is CC[C@@H](c1cccc(C)c1)n1c(CC2CC2)nc(=O)c(S(=O)(=O)c2ccc(-c3ccnc(F)c3C)cc2)c1O. The molecule has 39 heavy (non-hydrogen) atoms. The van der Waals surface area contributed by atoms with Crippen LogP contribution in [0.2, 0.25) is 0 Å². The molecule has 202 valence electrons. The Morgan fingerprint density at radius 3 is 2.46 bits per heavy atom. The predicted octanol–water partition coefficient (Wildman–Crippen LogP) is 5.55. The van der Waals surface area contributed by atoms with Crippen molar-refractivity contribution in [2.24, 2.45) is 5.92 Å². The Balaban J connectivity index is 1.63. The molecule has 0 saturated heterocycles. The molecular weight excluding hydrogens is 517 g/mol. The predicted molar refractivity (Wildman–Crippen MR) is 146 cm³/mol. The van der Waals surface area contributed by atoms with Gasteiger partial charge in [0.15, 0.2) is 4.90 Å². The van der Waals surface area contributed by atoms with E-state index < -0.39 is 38.2 Å². The lowest BCUT2D eigenvalue weighted by molar-refractivity contribution is 0.357. The fourth-order valence-electron chi connectivity index (χ4n) is 5.04. The van der Waals surface area contributed by atoms with Gasteiger partial charge < -0.3 is 5.11 Å². The van der Waals surface area contributed by atoms with Crippen LogP contribution >= 0.6 is 0 Å². The smallest absolute Gasteiger partial charge is 0.296 e. The lowest BCUT2D eigenvalue weighted by Crippen LogP contribution is -2.27. The van der Waals surface area contributed by atoms with Crippen LogP contribution in [-0.2, 0) is 16.3 Å². The van der Waals surface area contributed by atoms with E-state index in [1.165, 1.54) is 22.9 Å². The summed E-state index contributed by atoms with van der Waals surface area (Å²) in [5.74, 6) is -0.465. The molecule has 0 aliphatic heterocycles. The maximum absolute atomic E-state index is 14.0.